The fourth-order valence-electron chi connectivity index (χ4n) is 3.32. The normalized spacial score (nSPS) is 12.0. The first-order valence-electron chi connectivity index (χ1n) is 10.2. The Hall–Kier alpha value is -2.60. The van der Waals surface area contributed by atoms with Gasteiger partial charge in [0, 0.05) is 32.7 Å². The fourth-order valence-corrected chi connectivity index (χ4v) is 3.32. The molecule has 1 N–H and O–H groups in total. The van der Waals surface area contributed by atoms with E-state index in [2.05, 4.69) is 35.1 Å². The van der Waals surface area contributed by atoms with Crippen molar-refractivity contribution < 1.29 is 14.6 Å². The summed E-state index contributed by atoms with van der Waals surface area (Å²) in [5.41, 5.74) is 2.32. The number of hydrogen-bond donors (Lipinski definition) is 1. The first kappa shape index (κ1) is 23.7. The molecule has 0 saturated carbocycles. The van der Waals surface area contributed by atoms with Crippen molar-refractivity contribution in [3.8, 4) is 11.5 Å². The maximum Gasteiger partial charge on any atom is 0.161 e. The van der Waals surface area contributed by atoms with Crippen LogP contribution in [-0.4, -0.2) is 61.4 Å². The van der Waals surface area contributed by atoms with Crippen LogP contribution in [-0.2, 0) is 13.1 Å². The van der Waals surface area contributed by atoms with Gasteiger partial charge in [-0.15, -0.1) is 13.2 Å². The van der Waals surface area contributed by atoms with E-state index in [1.807, 2.05) is 55.6 Å². The Morgan fingerprint density at radius 2 is 1.67 bits per heavy atom. The van der Waals surface area contributed by atoms with E-state index in [0.717, 1.165) is 31.7 Å². The molecule has 30 heavy (non-hydrogen) atoms. The second-order valence-corrected chi connectivity index (χ2v) is 7.40. The lowest BCUT2D eigenvalue weighted by Gasteiger charge is -2.22. The Morgan fingerprint density at radius 1 is 0.967 bits per heavy atom. The average molecular weight is 411 g/mol. The van der Waals surface area contributed by atoms with Crippen molar-refractivity contribution in [3.05, 3.63) is 85.0 Å². The minimum atomic E-state index is -0.606. The van der Waals surface area contributed by atoms with E-state index in [9.17, 15) is 5.11 Å². The summed E-state index contributed by atoms with van der Waals surface area (Å²) in [5, 5.41) is 10.4. The number of likely N-dealkylation sites (N-methyl/N-ethyl adjacent to an activating group) is 1. The molecule has 2 rings (SSSR count). The molecule has 0 heterocycles. The largest absolute Gasteiger partial charge is 0.493 e. The first-order chi connectivity index (χ1) is 14.5. The number of methoxy groups -OCH3 is 1. The molecule has 0 bridgehead atoms. The molecule has 0 aliphatic rings. The van der Waals surface area contributed by atoms with Crippen LogP contribution in [0.5, 0.6) is 11.5 Å². The first-order valence-corrected chi connectivity index (χ1v) is 10.2. The summed E-state index contributed by atoms with van der Waals surface area (Å²) in [5.74, 6) is 1.29. The molecule has 2 aromatic carbocycles. The van der Waals surface area contributed by atoms with Crippen LogP contribution >= 0.6 is 0 Å². The van der Waals surface area contributed by atoms with Crippen LogP contribution in [0, 0.1) is 0 Å². The molecule has 1 atom stereocenters. The van der Waals surface area contributed by atoms with Crippen LogP contribution in [0.25, 0.3) is 0 Å². The van der Waals surface area contributed by atoms with E-state index in [0.29, 0.717) is 18.0 Å². The third-order valence-corrected chi connectivity index (χ3v) is 4.66. The SMILES string of the molecule is C=CCN(CC=C)Cc1ccc(OC)c(OC[C@@H](O)CN(C)Cc2ccccc2)c1. The number of aliphatic hydroxyl groups is 1. The Balaban J connectivity index is 1.93. The molecule has 0 fully saturated rings. The molecule has 0 aliphatic heterocycles. The highest BCUT2D eigenvalue weighted by molar-refractivity contribution is 5.43. The predicted octanol–water partition coefficient (Wildman–Crippen LogP) is 3.74. The lowest BCUT2D eigenvalue weighted by atomic mass is 10.2. The Morgan fingerprint density at radius 3 is 2.30 bits per heavy atom. The monoisotopic (exact) mass is 410 g/mol. The van der Waals surface area contributed by atoms with Crippen molar-refractivity contribution in [1.82, 2.24) is 9.80 Å². The van der Waals surface area contributed by atoms with Gasteiger partial charge in [0.2, 0.25) is 0 Å². The van der Waals surface area contributed by atoms with Crippen LogP contribution in [0.1, 0.15) is 11.1 Å². The highest BCUT2D eigenvalue weighted by Crippen LogP contribution is 2.28. The molecular weight excluding hydrogens is 376 g/mol. The molecule has 0 amide bonds. The van der Waals surface area contributed by atoms with Gasteiger partial charge in [-0.3, -0.25) is 9.80 Å². The zero-order chi connectivity index (χ0) is 21.8. The van der Waals surface area contributed by atoms with E-state index in [4.69, 9.17) is 9.47 Å². The third-order valence-electron chi connectivity index (χ3n) is 4.66. The second-order valence-electron chi connectivity index (χ2n) is 7.40. The van der Waals surface area contributed by atoms with Crippen molar-refractivity contribution in [2.75, 3.05) is 40.4 Å². The highest BCUT2D eigenvalue weighted by atomic mass is 16.5. The van der Waals surface area contributed by atoms with Crippen LogP contribution in [0.2, 0.25) is 0 Å². The van der Waals surface area contributed by atoms with Crippen LogP contribution in [0.3, 0.4) is 0 Å². The molecule has 0 spiro atoms. The maximum absolute atomic E-state index is 10.4. The van der Waals surface area contributed by atoms with Gasteiger partial charge in [0.25, 0.3) is 0 Å². The lowest BCUT2D eigenvalue weighted by Crippen LogP contribution is -2.32. The van der Waals surface area contributed by atoms with Gasteiger partial charge in [-0.2, -0.15) is 0 Å². The van der Waals surface area contributed by atoms with E-state index >= 15 is 0 Å². The van der Waals surface area contributed by atoms with E-state index in [-0.39, 0.29) is 6.61 Å². The minimum Gasteiger partial charge on any atom is -0.493 e. The van der Waals surface area contributed by atoms with Gasteiger partial charge < -0.3 is 14.6 Å². The van der Waals surface area contributed by atoms with Gasteiger partial charge in [-0.1, -0.05) is 48.6 Å². The maximum atomic E-state index is 10.4. The van der Waals surface area contributed by atoms with Crippen molar-refractivity contribution in [1.29, 1.82) is 0 Å². The zero-order valence-electron chi connectivity index (χ0n) is 18.2. The predicted molar refractivity (Wildman–Crippen MR) is 123 cm³/mol. The smallest absolute Gasteiger partial charge is 0.161 e. The van der Waals surface area contributed by atoms with Crippen molar-refractivity contribution >= 4 is 0 Å². The summed E-state index contributed by atoms with van der Waals surface area (Å²) in [6.07, 6.45) is 3.16. The van der Waals surface area contributed by atoms with Gasteiger partial charge in [0.05, 0.1) is 7.11 Å². The van der Waals surface area contributed by atoms with Gasteiger partial charge in [0.15, 0.2) is 11.5 Å². The fraction of sp³-hybridized carbons (Fsp3) is 0.360. The molecular formula is C25H34N2O3. The summed E-state index contributed by atoms with van der Waals surface area (Å²) in [7, 11) is 3.61. The number of hydrogen-bond acceptors (Lipinski definition) is 5. The second kappa shape index (κ2) is 12.9. The summed E-state index contributed by atoms with van der Waals surface area (Å²) >= 11 is 0. The third kappa shape index (κ3) is 8.03. The Bertz CT molecular complexity index is 769. The number of benzene rings is 2. The van der Waals surface area contributed by atoms with E-state index in [1.54, 1.807) is 7.11 Å². The molecule has 0 radical (unpaired) electrons. The van der Waals surface area contributed by atoms with Crippen molar-refractivity contribution in [2.45, 2.75) is 19.2 Å². The minimum absolute atomic E-state index is 0.196. The topological polar surface area (TPSA) is 45.2 Å². The molecule has 0 aliphatic carbocycles. The average Bonchev–Trinajstić information content (AvgIpc) is 2.73. The molecule has 5 heteroatoms. The van der Waals surface area contributed by atoms with Crippen molar-refractivity contribution in [2.24, 2.45) is 0 Å². The number of ether oxygens (including phenoxy) is 2. The van der Waals surface area contributed by atoms with E-state index in [1.165, 1.54) is 5.56 Å². The Kier molecular flexibility index (Phi) is 10.1. The summed E-state index contributed by atoms with van der Waals surface area (Å²) in [6, 6.07) is 16.1. The zero-order valence-corrected chi connectivity index (χ0v) is 18.2. The standard InChI is InChI=1S/C25H34N2O3/c1-5-14-27(15-6-2)18-22-12-13-24(29-4)25(16-22)30-20-23(28)19-26(3)17-21-10-8-7-9-11-21/h5-13,16,23,28H,1-2,14-15,17-20H2,3-4H3/t23-/m0/s1. The molecule has 0 aromatic heterocycles. The number of rotatable bonds is 14. The van der Waals surface area contributed by atoms with Crippen LogP contribution in [0.4, 0.5) is 0 Å². The summed E-state index contributed by atoms with van der Waals surface area (Å²) < 4.78 is 11.4. The van der Waals surface area contributed by atoms with Gasteiger partial charge >= 0.3 is 0 Å². The van der Waals surface area contributed by atoms with Crippen LogP contribution < -0.4 is 9.47 Å². The van der Waals surface area contributed by atoms with E-state index < -0.39 is 6.10 Å². The molecule has 0 unspecified atom stereocenters. The molecule has 2 aromatic rings. The van der Waals surface area contributed by atoms with Gasteiger partial charge in [-0.05, 0) is 30.3 Å². The summed E-state index contributed by atoms with van der Waals surface area (Å²) in [4.78, 5) is 4.30. The number of nitrogens with zero attached hydrogens (tertiary/aromatic N) is 2. The van der Waals surface area contributed by atoms with Gasteiger partial charge in [-0.25, -0.2) is 0 Å². The Labute approximate surface area is 180 Å². The molecule has 162 valence electrons. The van der Waals surface area contributed by atoms with Crippen LogP contribution in [0.15, 0.2) is 73.8 Å². The lowest BCUT2D eigenvalue weighted by molar-refractivity contribution is 0.0732. The molecule has 0 saturated heterocycles. The quantitative estimate of drug-likeness (QED) is 0.481. The highest BCUT2D eigenvalue weighted by Gasteiger charge is 2.13. The van der Waals surface area contributed by atoms with Crippen molar-refractivity contribution in [3.63, 3.8) is 0 Å². The number of aliphatic hydroxyl groups excluding tert-OH is 1. The summed E-state index contributed by atoms with van der Waals surface area (Å²) in [6.45, 7) is 11.4. The molecule has 5 nitrogen and oxygen atoms in total. The van der Waals surface area contributed by atoms with Gasteiger partial charge in [0.1, 0.15) is 12.7 Å².